The van der Waals surface area contributed by atoms with Crippen LogP contribution in [0.4, 0.5) is 21.7 Å². The number of carbonyl (C=O) groups excluding carboxylic acids is 1. The molecule has 0 atom stereocenters. The van der Waals surface area contributed by atoms with Crippen LogP contribution in [-0.4, -0.2) is 55.8 Å². The molecular weight excluding hydrogens is 591 g/mol. The smallest absolute Gasteiger partial charge is 0.258 e. The molecule has 1 amide bonds. The van der Waals surface area contributed by atoms with E-state index in [0.29, 0.717) is 29.1 Å². The van der Waals surface area contributed by atoms with Crippen molar-refractivity contribution in [2.24, 2.45) is 5.73 Å². The molecule has 1 aliphatic heterocycles. The minimum atomic E-state index is -0.577. The first-order valence-electron chi connectivity index (χ1n) is 15.8. The van der Waals surface area contributed by atoms with Crippen molar-refractivity contribution in [2.75, 3.05) is 30.3 Å². The van der Waals surface area contributed by atoms with Crippen LogP contribution in [-0.2, 0) is 6.42 Å². The molecule has 0 unspecified atom stereocenters. The zero-order chi connectivity index (χ0) is 32.2. The van der Waals surface area contributed by atoms with Gasteiger partial charge in [-0.15, -0.1) is 0 Å². The number of imidazole rings is 1. The van der Waals surface area contributed by atoms with E-state index in [1.54, 1.807) is 24.4 Å². The summed E-state index contributed by atoms with van der Waals surface area (Å²) in [5.41, 5.74) is 12.4. The highest BCUT2D eigenvalue weighted by molar-refractivity contribution is 6.04. The van der Waals surface area contributed by atoms with Gasteiger partial charge in [0, 0.05) is 41.9 Å². The van der Waals surface area contributed by atoms with Gasteiger partial charge in [0.25, 0.3) is 5.91 Å². The Bertz CT molecular complexity index is 2020. The average molecular weight is 627 g/mol. The molecular formula is C37H35FN8O. The first kappa shape index (κ1) is 30.2. The Kier molecular flexibility index (Phi) is 8.68. The first-order chi connectivity index (χ1) is 23.0. The molecule has 9 nitrogen and oxygen atoms in total. The van der Waals surface area contributed by atoms with Gasteiger partial charge in [0.2, 0.25) is 5.95 Å². The van der Waals surface area contributed by atoms with Crippen LogP contribution in [0.3, 0.4) is 0 Å². The normalized spacial score (nSPS) is 13.9. The molecule has 1 aliphatic rings. The van der Waals surface area contributed by atoms with Gasteiger partial charge in [0.05, 0.1) is 22.6 Å². The lowest BCUT2D eigenvalue weighted by Crippen LogP contribution is -2.40. The van der Waals surface area contributed by atoms with Crippen LogP contribution >= 0.6 is 0 Å². The highest BCUT2D eigenvalue weighted by Gasteiger charge is 2.19. The van der Waals surface area contributed by atoms with E-state index in [-0.39, 0.29) is 5.56 Å². The Morgan fingerprint density at radius 3 is 2.53 bits per heavy atom. The summed E-state index contributed by atoms with van der Waals surface area (Å²) in [6, 6.07) is 29.6. The Morgan fingerprint density at radius 1 is 0.894 bits per heavy atom. The number of hydrogen-bond donors (Lipinski definition) is 3. The van der Waals surface area contributed by atoms with Crippen molar-refractivity contribution < 1.29 is 9.18 Å². The van der Waals surface area contributed by atoms with E-state index in [2.05, 4.69) is 44.8 Å². The van der Waals surface area contributed by atoms with Crippen molar-refractivity contribution in [2.45, 2.75) is 25.3 Å². The number of likely N-dealkylation sites (tertiary alicyclic amines) is 1. The van der Waals surface area contributed by atoms with Crippen LogP contribution in [0.5, 0.6) is 0 Å². The summed E-state index contributed by atoms with van der Waals surface area (Å²) in [6.07, 6.45) is 6.80. The van der Waals surface area contributed by atoms with Crippen molar-refractivity contribution in [3.8, 4) is 22.6 Å². The van der Waals surface area contributed by atoms with E-state index >= 15 is 0 Å². The van der Waals surface area contributed by atoms with Crippen molar-refractivity contribution in [3.63, 3.8) is 0 Å². The predicted octanol–water partition coefficient (Wildman–Crippen LogP) is 6.56. The third kappa shape index (κ3) is 6.89. The van der Waals surface area contributed by atoms with Gasteiger partial charge < -0.3 is 21.3 Å². The van der Waals surface area contributed by atoms with E-state index in [1.807, 2.05) is 53.1 Å². The van der Waals surface area contributed by atoms with Crippen LogP contribution in [0.25, 0.3) is 28.3 Å². The number of aromatic nitrogens is 4. The molecule has 0 radical (unpaired) electrons. The van der Waals surface area contributed by atoms with E-state index < -0.39 is 11.7 Å². The second kappa shape index (κ2) is 13.5. The van der Waals surface area contributed by atoms with Gasteiger partial charge >= 0.3 is 0 Å². The molecule has 10 heteroatoms. The van der Waals surface area contributed by atoms with Gasteiger partial charge in [-0.2, -0.15) is 0 Å². The SMILES string of the molecule is NC1CCN(CCc2ccc(Nc3nccc(-c4c(-c5cccc(NC(=O)c6ccccc6F)c5)nc5ccccn45)n3)cc2)CC1. The molecule has 0 spiro atoms. The summed E-state index contributed by atoms with van der Waals surface area (Å²) in [7, 11) is 0. The van der Waals surface area contributed by atoms with Gasteiger partial charge in [0.15, 0.2) is 0 Å². The predicted molar refractivity (Wildman–Crippen MR) is 183 cm³/mol. The molecule has 236 valence electrons. The first-order valence-corrected chi connectivity index (χ1v) is 15.8. The molecule has 47 heavy (non-hydrogen) atoms. The van der Waals surface area contributed by atoms with E-state index in [1.165, 1.54) is 17.7 Å². The third-order valence-electron chi connectivity index (χ3n) is 8.50. The van der Waals surface area contributed by atoms with Crippen molar-refractivity contribution in [1.29, 1.82) is 0 Å². The molecule has 4 N–H and O–H groups in total. The fraction of sp³-hybridized carbons (Fsp3) is 0.189. The number of rotatable bonds is 9. The third-order valence-corrected chi connectivity index (χ3v) is 8.50. The number of amides is 1. The zero-order valence-corrected chi connectivity index (χ0v) is 25.8. The number of carbonyl (C=O) groups is 1. The maximum absolute atomic E-state index is 14.2. The number of nitrogens with two attached hydrogens (primary N) is 1. The molecule has 0 saturated carbocycles. The molecule has 1 fully saturated rings. The monoisotopic (exact) mass is 626 g/mol. The van der Waals surface area contributed by atoms with Crippen LogP contribution in [0.1, 0.15) is 28.8 Å². The van der Waals surface area contributed by atoms with Crippen molar-refractivity contribution >= 4 is 28.9 Å². The number of benzene rings is 3. The minimum absolute atomic E-state index is 0.0231. The number of nitrogens with one attached hydrogen (secondary N) is 2. The number of hydrogen-bond acceptors (Lipinski definition) is 7. The topological polar surface area (TPSA) is 113 Å². The van der Waals surface area contributed by atoms with E-state index in [9.17, 15) is 9.18 Å². The summed E-state index contributed by atoms with van der Waals surface area (Å²) < 4.78 is 16.2. The number of fused-ring (bicyclic) bond motifs is 1. The van der Waals surface area contributed by atoms with Crippen LogP contribution in [0.15, 0.2) is 109 Å². The zero-order valence-electron chi connectivity index (χ0n) is 25.8. The number of anilines is 3. The van der Waals surface area contributed by atoms with Crippen molar-refractivity contribution in [3.05, 3.63) is 126 Å². The van der Waals surface area contributed by atoms with E-state index in [4.69, 9.17) is 15.7 Å². The fourth-order valence-electron chi connectivity index (χ4n) is 5.93. The number of pyridine rings is 1. The Labute approximate surface area is 272 Å². The molecule has 0 aliphatic carbocycles. The quantitative estimate of drug-likeness (QED) is 0.167. The van der Waals surface area contributed by atoms with Gasteiger partial charge in [-0.05, 0) is 92.5 Å². The Morgan fingerprint density at radius 2 is 1.70 bits per heavy atom. The number of nitrogens with zero attached hydrogens (tertiary/aromatic N) is 5. The summed E-state index contributed by atoms with van der Waals surface area (Å²) in [5.74, 6) is -0.642. The van der Waals surface area contributed by atoms with Gasteiger partial charge in [-0.25, -0.2) is 19.3 Å². The molecule has 4 heterocycles. The van der Waals surface area contributed by atoms with Gasteiger partial charge in [-0.1, -0.05) is 42.5 Å². The maximum atomic E-state index is 14.2. The highest BCUT2D eigenvalue weighted by atomic mass is 19.1. The molecule has 3 aromatic heterocycles. The minimum Gasteiger partial charge on any atom is -0.328 e. The van der Waals surface area contributed by atoms with E-state index in [0.717, 1.165) is 61.5 Å². The second-order valence-electron chi connectivity index (χ2n) is 11.8. The average Bonchev–Trinajstić information content (AvgIpc) is 3.49. The van der Waals surface area contributed by atoms with Gasteiger partial charge in [-0.3, -0.25) is 9.20 Å². The van der Waals surface area contributed by atoms with Crippen molar-refractivity contribution in [1.82, 2.24) is 24.3 Å². The molecule has 0 bridgehead atoms. The second-order valence-corrected chi connectivity index (χ2v) is 11.8. The number of piperidine rings is 1. The summed E-state index contributed by atoms with van der Waals surface area (Å²) in [4.78, 5) is 29.6. The fourth-order valence-corrected chi connectivity index (χ4v) is 5.93. The summed E-state index contributed by atoms with van der Waals surface area (Å²) in [6.45, 7) is 3.17. The molecule has 3 aromatic carbocycles. The standard InChI is InChI=1S/C37H35FN8O/c38-31-9-2-1-8-30(31)36(47)41-29-7-5-6-26(24-29)34-35(46-20-4-3-10-33(46)44-34)32-15-19-40-37(43-32)42-28-13-11-25(12-14-28)16-21-45-22-17-27(39)18-23-45/h1-15,19-20,24,27H,16-18,21-23,39H2,(H,41,47)(H,40,42,43). The maximum Gasteiger partial charge on any atom is 0.258 e. The molecule has 6 aromatic rings. The Hall–Kier alpha value is -5.45. The summed E-state index contributed by atoms with van der Waals surface area (Å²) >= 11 is 0. The highest BCUT2D eigenvalue weighted by Crippen LogP contribution is 2.33. The van der Waals surface area contributed by atoms with Crippen LogP contribution in [0.2, 0.25) is 0 Å². The van der Waals surface area contributed by atoms with Crippen LogP contribution < -0.4 is 16.4 Å². The lowest BCUT2D eigenvalue weighted by atomic mass is 10.1. The largest absolute Gasteiger partial charge is 0.328 e. The molecule has 7 rings (SSSR count). The van der Waals surface area contributed by atoms with Gasteiger partial charge in [0.1, 0.15) is 11.5 Å². The number of halogens is 1. The Balaban J connectivity index is 1.12. The lowest BCUT2D eigenvalue weighted by Gasteiger charge is -2.29. The summed E-state index contributed by atoms with van der Waals surface area (Å²) in [5, 5.41) is 6.16. The van der Waals surface area contributed by atoms with Crippen LogP contribution in [0, 0.1) is 5.82 Å². The molecule has 1 saturated heterocycles. The lowest BCUT2D eigenvalue weighted by molar-refractivity contribution is 0.102.